The number of phenolic OH excluding ortho intramolecular Hbond substituents is 1. The lowest BCUT2D eigenvalue weighted by Crippen LogP contribution is -1.98. The Labute approximate surface area is 208 Å². The van der Waals surface area contributed by atoms with E-state index in [1.807, 2.05) is 97.1 Å². The van der Waals surface area contributed by atoms with Gasteiger partial charge in [-0.05, 0) is 62.4 Å². The van der Waals surface area contributed by atoms with Gasteiger partial charge in [-0.3, -0.25) is 0 Å². The summed E-state index contributed by atoms with van der Waals surface area (Å²) in [4.78, 5) is 0. The van der Waals surface area contributed by atoms with E-state index >= 15 is 0 Å². The lowest BCUT2D eigenvalue weighted by atomic mass is 10.1. The molecule has 0 aliphatic heterocycles. The van der Waals surface area contributed by atoms with Crippen molar-refractivity contribution in [2.24, 2.45) is 0 Å². The van der Waals surface area contributed by atoms with Gasteiger partial charge in [0.2, 0.25) is 0 Å². The van der Waals surface area contributed by atoms with Crippen LogP contribution in [0.3, 0.4) is 0 Å². The van der Waals surface area contributed by atoms with Crippen molar-refractivity contribution in [3.8, 4) is 23.0 Å². The summed E-state index contributed by atoms with van der Waals surface area (Å²) in [6.07, 6.45) is 3.92. The zero-order chi connectivity index (χ0) is 23.8. The first-order chi connectivity index (χ1) is 16.6. The summed E-state index contributed by atoms with van der Waals surface area (Å²) in [5, 5.41) is 10.1. The number of phenols is 1. The number of halogens is 1. The van der Waals surface area contributed by atoms with Crippen LogP contribution >= 0.6 is 15.9 Å². The summed E-state index contributed by atoms with van der Waals surface area (Å²) < 4.78 is 18.0. The van der Waals surface area contributed by atoms with Crippen molar-refractivity contribution in [2.75, 3.05) is 7.11 Å². The van der Waals surface area contributed by atoms with Crippen molar-refractivity contribution >= 4 is 28.1 Å². The summed E-state index contributed by atoms with van der Waals surface area (Å²) in [7, 11) is 1.53. The molecule has 5 heteroatoms. The molecule has 0 radical (unpaired) electrons. The SMILES string of the molecule is COc1cc(/C=C/c2cc(OCc3ccccc3)cc(OCc3ccccc3)c2)cc(Br)c1O. The van der Waals surface area contributed by atoms with Gasteiger partial charge in [-0.25, -0.2) is 0 Å². The second-order valence-corrected chi connectivity index (χ2v) is 8.53. The van der Waals surface area contributed by atoms with Gasteiger partial charge >= 0.3 is 0 Å². The summed E-state index contributed by atoms with van der Waals surface area (Å²) in [5.74, 6) is 1.92. The van der Waals surface area contributed by atoms with Gasteiger partial charge in [0.05, 0.1) is 11.6 Å². The van der Waals surface area contributed by atoms with Crippen LogP contribution in [0.5, 0.6) is 23.0 Å². The molecule has 0 fully saturated rings. The highest BCUT2D eigenvalue weighted by molar-refractivity contribution is 9.10. The number of hydrogen-bond acceptors (Lipinski definition) is 4. The molecule has 0 unspecified atom stereocenters. The maximum atomic E-state index is 10.1. The van der Waals surface area contributed by atoms with E-state index in [0.29, 0.717) is 23.4 Å². The first kappa shape index (κ1) is 23.5. The highest BCUT2D eigenvalue weighted by Gasteiger charge is 2.08. The largest absolute Gasteiger partial charge is 0.503 e. The molecule has 1 N–H and O–H groups in total. The Morgan fingerprint density at radius 1 is 0.706 bits per heavy atom. The fourth-order valence-corrected chi connectivity index (χ4v) is 3.84. The first-order valence-electron chi connectivity index (χ1n) is 10.8. The molecule has 34 heavy (non-hydrogen) atoms. The van der Waals surface area contributed by atoms with Gasteiger partial charge in [-0.2, -0.15) is 0 Å². The molecule has 0 spiro atoms. The highest BCUT2D eigenvalue weighted by Crippen LogP contribution is 2.36. The van der Waals surface area contributed by atoms with E-state index in [2.05, 4.69) is 15.9 Å². The number of ether oxygens (including phenoxy) is 3. The topological polar surface area (TPSA) is 47.9 Å². The number of benzene rings is 4. The van der Waals surface area contributed by atoms with Crippen LogP contribution in [0.2, 0.25) is 0 Å². The maximum absolute atomic E-state index is 10.1. The smallest absolute Gasteiger partial charge is 0.172 e. The molecule has 0 saturated carbocycles. The zero-order valence-electron chi connectivity index (χ0n) is 18.8. The second kappa shape index (κ2) is 11.4. The molecule has 0 aromatic heterocycles. The highest BCUT2D eigenvalue weighted by atomic mass is 79.9. The minimum absolute atomic E-state index is 0.0764. The van der Waals surface area contributed by atoms with Crippen LogP contribution < -0.4 is 14.2 Å². The van der Waals surface area contributed by atoms with Gasteiger partial charge in [0.15, 0.2) is 11.5 Å². The standard InChI is InChI=1S/C29H25BrO4/c1-32-28-17-24(16-27(30)29(28)31)13-12-23-14-25(33-19-21-8-4-2-5-9-21)18-26(15-23)34-20-22-10-6-3-7-11-22/h2-18,31H,19-20H2,1H3/b13-12+. The average molecular weight is 517 g/mol. The Bertz CT molecular complexity index is 1190. The summed E-state index contributed by atoms with van der Waals surface area (Å²) in [5.41, 5.74) is 3.99. The van der Waals surface area contributed by atoms with E-state index in [9.17, 15) is 5.11 Å². The molecule has 0 atom stereocenters. The van der Waals surface area contributed by atoms with Crippen LogP contribution in [0.15, 0.2) is 95.5 Å². The fraction of sp³-hybridized carbons (Fsp3) is 0.103. The molecule has 0 bridgehead atoms. The molecule has 4 rings (SSSR count). The van der Waals surface area contributed by atoms with E-state index in [1.165, 1.54) is 7.11 Å². The molecule has 4 aromatic carbocycles. The van der Waals surface area contributed by atoms with E-state index in [0.717, 1.165) is 33.8 Å². The molecule has 0 heterocycles. The van der Waals surface area contributed by atoms with Crippen LogP contribution in [-0.4, -0.2) is 12.2 Å². The lowest BCUT2D eigenvalue weighted by molar-refractivity contribution is 0.290. The predicted octanol–water partition coefficient (Wildman–Crippen LogP) is 7.49. The number of methoxy groups -OCH3 is 1. The van der Waals surface area contributed by atoms with Crippen LogP contribution in [0, 0.1) is 0 Å². The van der Waals surface area contributed by atoms with E-state index in [4.69, 9.17) is 14.2 Å². The Morgan fingerprint density at radius 3 is 1.71 bits per heavy atom. The van der Waals surface area contributed by atoms with Crippen LogP contribution in [0.4, 0.5) is 0 Å². The zero-order valence-corrected chi connectivity index (χ0v) is 20.4. The van der Waals surface area contributed by atoms with Gasteiger partial charge in [0.1, 0.15) is 24.7 Å². The van der Waals surface area contributed by atoms with E-state index in [1.54, 1.807) is 6.07 Å². The van der Waals surface area contributed by atoms with Crippen molar-refractivity contribution in [2.45, 2.75) is 13.2 Å². The summed E-state index contributed by atoms with van der Waals surface area (Å²) >= 11 is 3.37. The van der Waals surface area contributed by atoms with Crippen molar-refractivity contribution < 1.29 is 19.3 Å². The summed E-state index contributed by atoms with van der Waals surface area (Å²) in [6, 6.07) is 29.6. The van der Waals surface area contributed by atoms with Crippen molar-refractivity contribution in [3.05, 3.63) is 118 Å². The number of aromatic hydroxyl groups is 1. The third-order valence-corrected chi connectivity index (χ3v) is 5.74. The minimum Gasteiger partial charge on any atom is -0.503 e. The molecule has 0 amide bonds. The Morgan fingerprint density at radius 2 is 1.21 bits per heavy atom. The van der Waals surface area contributed by atoms with Gasteiger partial charge < -0.3 is 19.3 Å². The number of rotatable bonds is 9. The molecular formula is C29H25BrO4. The van der Waals surface area contributed by atoms with Gasteiger partial charge in [0.25, 0.3) is 0 Å². The maximum Gasteiger partial charge on any atom is 0.172 e. The van der Waals surface area contributed by atoms with Crippen molar-refractivity contribution in [1.82, 2.24) is 0 Å². The average Bonchev–Trinajstić information content (AvgIpc) is 2.88. The van der Waals surface area contributed by atoms with E-state index in [-0.39, 0.29) is 5.75 Å². The molecular weight excluding hydrogens is 492 g/mol. The van der Waals surface area contributed by atoms with Crippen LogP contribution in [0.25, 0.3) is 12.2 Å². The molecule has 0 saturated heterocycles. The molecule has 172 valence electrons. The monoisotopic (exact) mass is 516 g/mol. The van der Waals surface area contributed by atoms with Gasteiger partial charge in [-0.15, -0.1) is 0 Å². The van der Waals surface area contributed by atoms with E-state index < -0.39 is 0 Å². The molecule has 4 nitrogen and oxygen atoms in total. The first-order valence-corrected chi connectivity index (χ1v) is 11.6. The van der Waals surface area contributed by atoms with Crippen LogP contribution in [0.1, 0.15) is 22.3 Å². The lowest BCUT2D eigenvalue weighted by Gasteiger charge is -2.12. The summed E-state index contributed by atoms with van der Waals surface area (Å²) in [6.45, 7) is 0.933. The van der Waals surface area contributed by atoms with Crippen molar-refractivity contribution in [1.29, 1.82) is 0 Å². The Kier molecular flexibility index (Phi) is 7.89. The van der Waals surface area contributed by atoms with Gasteiger partial charge in [-0.1, -0.05) is 72.8 Å². The Balaban J connectivity index is 1.58. The van der Waals surface area contributed by atoms with Crippen LogP contribution in [-0.2, 0) is 13.2 Å². The molecule has 0 aliphatic carbocycles. The second-order valence-electron chi connectivity index (χ2n) is 7.67. The fourth-order valence-electron chi connectivity index (χ4n) is 3.38. The Hall–Kier alpha value is -3.70. The quantitative estimate of drug-likeness (QED) is 0.234. The van der Waals surface area contributed by atoms with Gasteiger partial charge in [0, 0.05) is 6.07 Å². The third kappa shape index (κ3) is 6.42. The van der Waals surface area contributed by atoms with Crippen molar-refractivity contribution in [3.63, 3.8) is 0 Å². The normalized spacial score (nSPS) is 10.9. The minimum atomic E-state index is 0.0764. The predicted molar refractivity (Wildman–Crippen MR) is 139 cm³/mol. The number of hydrogen-bond donors (Lipinski definition) is 1. The molecule has 0 aliphatic rings. The molecule has 4 aromatic rings. The third-order valence-electron chi connectivity index (χ3n) is 5.14.